The molecular formula is C17H26N2O. The number of benzene rings is 1. The van der Waals surface area contributed by atoms with Gasteiger partial charge in [0.1, 0.15) is 0 Å². The zero-order valence-electron chi connectivity index (χ0n) is 13.1. The summed E-state index contributed by atoms with van der Waals surface area (Å²) in [5.74, 6) is 0.393. The Morgan fingerprint density at radius 2 is 1.90 bits per heavy atom. The summed E-state index contributed by atoms with van der Waals surface area (Å²) in [5, 5.41) is 3.17. The van der Waals surface area contributed by atoms with Gasteiger partial charge in [-0.3, -0.25) is 4.79 Å². The fourth-order valence-corrected chi connectivity index (χ4v) is 2.72. The quantitative estimate of drug-likeness (QED) is 0.919. The number of rotatable bonds is 3. The predicted molar refractivity (Wildman–Crippen MR) is 82.7 cm³/mol. The summed E-state index contributed by atoms with van der Waals surface area (Å²) in [6.45, 7) is 8.34. The fourth-order valence-electron chi connectivity index (χ4n) is 2.72. The Morgan fingerprint density at radius 3 is 2.50 bits per heavy atom. The molecule has 0 unspecified atom stereocenters. The van der Waals surface area contributed by atoms with E-state index in [9.17, 15) is 4.79 Å². The largest absolute Gasteiger partial charge is 0.349 e. The summed E-state index contributed by atoms with van der Waals surface area (Å²) >= 11 is 0. The van der Waals surface area contributed by atoms with Gasteiger partial charge < -0.3 is 10.2 Å². The molecule has 0 aromatic heterocycles. The van der Waals surface area contributed by atoms with Gasteiger partial charge in [-0.05, 0) is 70.4 Å². The van der Waals surface area contributed by atoms with Crippen LogP contribution in [0.2, 0.25) is 0 Å². The van der Waals surface area contributed by atoms with Gasteiger partial charge in [0.2, 0.25) is 5.91 Å². The van der Waals surface area contributed by atoms with Crippen LogP contribution in [0.4, 0.5) is 0 Å². The molecule has 1 atom stereocenters. The Kier molecular flexibility index (Phi) is 4.81. The zero-order chi connectivity index (χ0) is 14.7. The maximum atomic E-state index is 12.3. The van der Waals surface area contributed by atoms with Crippen LogP contribution in [0.15, 0.2) is 18.2 Å². The highest BCUT2D eigenvalue weighted by Crippen LogP contribution is 2.20. The van der Waals surface area contributed by atoms with E-state index >= 15 is 0 Å². The third kappa shape index (κ3) is 3.60. The van der Waals surface area contributed by atoms with Gasteiger partial charge in [0, 0.05) is 5.92 Å². The van der Waals surface area contributed by atoms with Crippen LogP contribution >= 0.6 is 0 Å². The molecule has 3 nitrogen and oxygen atoms in total. The van der Waals surface area contributed by atoms with Crippen LogP contribution in [0.3, 0.4) is 0 Å². The molecule has 1 N–H and O–H groups in total. The first-order valence-corrected chi connectivity index (χ1v) is 7.53. The molecule has 110 valence electrons. The molecule has 0 aliphatic carbocycles. The normalized spacial score (nSPS) is 18.8. The molecule has 0 spiro atoms. The predicted octanol–water partition coefficient (Wildman–Crippen LogP) is 2.82. The van der Waals surface area contributed by atoms with Crippen molar-refractivity contribution < 1.29 is 4.79 Å². The Hall–Kier alpha value is -1.35. The van der Waals surface area contributed by atoms with Gasteiger partial charge in [0.15, 0.2) is 0 Å². The van der Waals surface area contributed by atoms with Crippen LogP contribution in [0, 0.1) is 19.8 Å². The number of amides is 1. The highest BCUT2D eigenvalue weighted by Gasteiger charge is 2.24. The minimum atomic E-state index is 0.0847. The molecular weight excluding hydrogens is 248 g/mol. The van der Waals surface area contributed by atoms with E-state index in [-0.39, 0.29) is 17.9 Å². The lowest BCUT2D eigenvalue weighted by atomic mass is 9.95. The van der Waals surface area contributed by atoms with Crippen molar-refractivity contribution in [3.05, 3.63) is 34.9 Å². The lowest BCUT2D eigenvalue weighted by Gasteiger charge is -2.29. The number of likely N-dealkylation sites (tertiary alicyclic amines) is 1. The first kappa shape index (κ1) is 15.0. The lowest BCUT2D eigenvalue weighted by molar-refractivity contribution is -0.127. The molecule has 3 heteroatoms. The molecule has 1 aliphatic heterocycles. The van der Waals surface area contributed by atoms with Gasteiger partial charge in [0.05, 0.1) is 6.04 Å². The fraction of sp³-hybridized carbons (Fsp3) is 0.588. The molecule has 1 aliphatic rings. The van der Waals surface area contributed by atoms with Crippen molar-refractivity contribution in [3.8, 4) is 0 Å². The summed E-state index contributed by atoms with van der Waals surface area (Å²) in [6.07, 6.45) is 1.95. The van der Waals surface area contributed by atoms with Crippen molar-refractivity contribution >= 4 is 5.91 Å². The average molecular weight is 274 g/mol. The lowest BCUT2D eigenvalue weighted by Crippen LogP contribution is -2.39. The van der Waals surface area contributed by atoms with Crippen molar-refractivity contribution in [1.29, 1.82) is 0 Å². The Morgan fingerprint density at radius 1 is 1.25 bits per heavy atom. The molecule has 20 heavy (non-hydrogen) atoms. The molecule has 0 saturated carbocycles. The van der Waals surface area contributed by atoms with E-state index in [0.29, 0.717) is 0 Å². The highest BCUT2D eigenvalue weighted by molar-refractivity contribution is 5.79. The van der Waals surface area contributed by atoms with Crippen molar-refractivity contribution in [3.63, 3.8) is 0 Å². The van der Waals surface area contributed by atoms with Gasteiger partial charge >= 0.3 is 0 Å². The molecule has 1 heterocycles. The van der Waals surface area contributed by atoms with Crippen molar-refractivity contribution in [2.24, 2.45) is 5.92 Å². The van der Waals surface area contributed by atoms with E-state index in [1.807, 2.05) is 0 Å². The number of piperidine rings is 1. The summed E-state index contributed by atoms with van der Waals surface area (Å²) in [6, 6.07) is 6.50. The number of hydrogen-bond donors (Lipinski definition) is 1. The second-order valence-corrected chi connectivity index (χ2v) is 6.15. The van der Waals surface area contributed by atoms with Gasteiger partial charge in [-0.25, -0.2) is 0 Å². The van der Waals surface area contributed by atoms with Crippen molar-refractivity contribution in [1.82, 2.24) is 10.2 Å². The summed E-state index contributed by atoms with van der Waals surface area (Å²) < 4.78 is 0. The number of carbonyl (C=O) groups is 1. The summed E-state index contributed by atoms with van der Waals surface area (Å²) in [4.78, 5) is 14.6. The molecule has 1 saturated heterocycles. The van der Waals surface area contributed by atoms with Crippen LogP contribution in [0.5, 0.6) is 0 Å². The SMILES string of the molecule is Cc1ccc([C@H](C)NC(=O)C2CCN(C)CC2)cc1C. The molecule has 1 amide bonds. The molecule has 2 rings (SSSR count). The topological polar surface area (TPSA) is 32.3 Å². The van der Waals surface area contributed by atoms with Crippen molar-refractivity contribution in [2.45, 2.75) is 39.7 Å². The van der Waals surface area contributed by atoms with Crippen LogP contribution in [0.1, 0.15) is 42.5 Å². The Labute approximate surface area is 122 Å². The van der Waals surface area contributed by atoms with E-state index in [1.165, 1.54) is 16.7 Å². The van der Waals surface area contributed by atoms with Gasteiger partial charge in [0.25, 0.3) is 0 Å². The van der Waals surface area contributed by atoms with Gasteiger partial charge in [-0.2, -0.15) is 0 Å². The third-order valence-electron chi connectivity index (χ3n) is 4.48. The number of nitrogens with one attached hydrogen (secondary N) is 1. The summed E-state index contributed by atoms with van der Waals surface area (Å²) in [7, 11) is 2.12. The average Bonchev–Trinajstić information content (AvgIpc) is 2.42. The molecule has 0 bridgehead atoms. The van der Waals surface area contributed by atoms with E-state index < -0.39 is 0 Å². The molecule has 1 fully saturated rings. The number of carbonyl (C=O) groups excluding carboxylic acids is 1. The first-order chi connectivity index (χ1) is 9.47. The van der Waals surface area contributed by atoms with E-state index in [0.717, 1.165) is 25.9 Å². The standard InChI is InChI=1S/C17H26N2O/c1-12-5-6-16(11-13(12)2)14(3)18-17(20)15-7-9-19(4)10-8-15/h5-6,11,14-15H,7-10H2,1-4H3,(H,18,20)/t14-/m0/s1. The monoisotopic (exact) mass is 274 g/mol. The zero-order valence-corrected chi connectivity index (χ0v) is 13.1. The van der Waals surface area contributed by atoms with E-state index in [2.05, 4.69) is 56.2 Å². The van der Waals surface area contributed by atoms with Crippen LogP contribution < -0.4 is 5.32 Å². The molecule has 1 aromatic rings. The Bertz CT molecular complexity index is 476. The van der Waals surface area contributed by atoms with E-state index in [4.69, 9.17) is 0 Å². The second kappa shape index (κ2) is 6.40. The van der Waals surface area contributed by atoms with Gasteiger partial charge in [-0.15, -0.1) is 0 Å². The van der Waals surface area contributed by atoms with Gasteiger partial charge in [-0.1, -0.05) is 18.2 Å². The Balaban J connectivity index is 1.95. The van der Waals surface area contributed by atoms with Crippen LogP contribution in [0.25, 0.3) is 0 Å². The van der Waals surface area contributed by atoms with Crippen molar-refractivity contribution in [2.75, 3.05) is 20.1 Å². The molecule has 1 aromatic carbocycles. The van der Waals surface area contributed by atoms with E-state index in [1.54, 1.807) is 0 Å². The summed E-state index contributed by atoms with van der Waals surface area (Å²) in [5.41, 5.74) is 3.76. The molecule has 0 radical (unpaired) electrons. The number of aryl methyl sites for hydroxylation is 2. The minimum absolute atomic E-state index is 0.0847. The highest BCUT2D eigenvalue weighted by atomic mass is 16.1. The van der Waals surface area contributed by atoms with Crippen LogP contribution in [-0.4, -0.2) is 30.9 Å². The third-order valence-corrected chi connectivity index (χ3v) is 4.48. The second-order valence-electron chi connectivity index (χ2n) is 6.15. The maximum Gasteiger partial charge on any atom is 0.223 e. The number of nitrogens with zero attached hydrogens (tertiary/aromatic N) is 1. The minimum Gasteiger partial charge on any atom is -0.349 e. The first-order valence-electron chi connectivity index (χ1n) is 7.53. The van der Waals surface area contributed by atoms with Crippen LogP contribution in [-0.2, 0) is 4.79 Å². The smallest absolute Gasteiger partial charge is 0.223 e. The number of hydrogen-bond acceptors (Lipinski definition) is 2. The maximum absolute atomic E-state index is 12.3.